The fourth-order valence-electron chi connectivity index (χ4n) is 29.0. The second-order valence-corrected chi connectivity index (χ2v) is 43.4. The third-order valence-corrected chi connectivity index (χ3v) is 35.6. The highest BCUT2D eigenvalue weighted by molar-refractivity contribution is 5.70. The highest BCUT2D eigenvalue weighted by atomic mass is 15.5. The van der Waals surface area contributed by atoms with Gasteiger partial charge >= 0.3 is 0 Å². The quantitative estimate of drug-likeness (QED) is 0.0933. The van der Waals surface area contributed by atoms with E-state index in [1.54, 1.807) is 6.08 Å². The van der Waals surface area contributed by atoms with Crippen molar-refractivity contribution in [2.45, 2.75) is 303 Å². The van der Waals surface area contributed by atoms with Gasteiger partial charge in [-0.25, -0.2) is 0 Å². The third kappa shape index (κ3) is 16.5. The van der Waals surface area contributed by atoms with Crippen molar-refractivity contribution in [1.82, 2.24) is 24.5 Å². The topological polar surface area (TPSA) is 32.4 Å². The summed E-state index contributed by atoms with van der Waals surface area (Å²) in [4.78, 5) is 25.5. The van der Waals surface area contributed by atoms with Gasteiger partial charge in [0.05, 0.1) is 51.5 Å². The second kappa shape index (κ2) is 39.8. The van der Waals surface area contributed by atoms with Gasteiger partial charge in [-0.3, -0.25) is 0 Å². The van der Waals surface area contributed by atoms with E-state index in [0.717, 1.165) is 11.3 Å². The molecule has 7 saturated carbocycles. The van der Waals surface area contributed by atoms with E-state index >= 15 is 0 Å². The fraction of sp³-hybridized carbons (Fsp3) is 0.426. The van der Waals surface area contributed by atoms with Crippen LogP contribution in [0.1, 0.15) is 276 Å². The largest absolute Gasteiger partial charge is 0.345 e. The molecule has 0 spiro atoms. The molecule has 0 amide bonds. The zero-order chi connectivity index (χ0) is 98.2. The highest BCUT2D eigenvalue weighted by Gasteiger charge is 2.59. The molecule has 0 bridgehead atoms. The number of hydrogen-bond acceptors (Lipinski definition) is 10. The summed E-state index contributed by atoms with van der Waals surface area (Å²) in [6.45, 7) is 21.0. The van der Waals surface area contributed by atoms with E-state index in [4.69, 9.17) is 2.74 Å². The molecule has 8 atom stereocenters. The van der Waals surface area contributed by atoms with Crippen LogP contribution in [-0.2, 0) is 11.1 Å². The van der Waals surface area contributed by atoms with Crippen molar-refractivity contribution in [2.75, 3.05) is 31.0 Å². The summed E-state index contributed by atoms with van der Waals surface area (Å²) < 4.78 is 36.0. The Morgan fingerprint density at radius 3 is 1.01 bits per heavy atom. The maximum atomic E-state index is 9.57. The molecule has 8 unspecified atom stereocenters. The Balaban J connectivity index is 0.000000103. The number of allylic oxidation sites excluding steroid dienone is 10. The number of para-hydroxylation sites is 5. The maximum Gasteiger partial charge on any atom is 0.112 e. The van der Waals surface area contributed by atoms with Gasteiger partial charge in [0.25, 0.3) is 0 Å². The van der Waals surface area contributed by atoms with E-state index in [-0.39, 0.29) is 23.4 Å². The molecule has 10 heterocycles. The van der Waals surface area contributed by atoms with Crippen LogP contribution in [0.2, 0.25) is 0 Å². The Morgan fingerprint density at radius 1 is 0.266 bits per heavy atom. The van der Waals surface area contributed by atoms with E-state index in [2.05, 4.69) is 386 Å². The van der Waals surface area contributed by atoms with Crippen LogP contribution < -0.4 is 24.5 Å². The normalized spacial score (nSPS) is 27.7. The number of benzene rings is 9. The number of aryl methyl sites for hydroxylation is 5. The molecule has 0 N–H and O–H groups in total. The summed E-state index contributed by atoms with van der Waals surface area (Å²) >= 11 is 0. The first-order valence-corrected chi connectivity index (χ1v) is 54.1. The first-order chi connectivity index (χ1) is 69.7. The van der Waals surface area contributed by atoms with Crippen molar-refractivity contribution in [1.29, 1.82) is 0 Å². The number of nitrogens with zero attached hydrogens (tertiary/aromatic N) is 10. The molecule has 718 valence electrons. The van der Waals surface area contributed by atoms with Gasteiger partial charge in [-0.05, 0) is 317 Å². The first kappa shape index (κ1) is 87.6. The number of fused-ring (bicyclic) bond motifs is 5. The van der Waals surface area contributed by atoms with Gasteiger partial charge in [0.15, 0.2) is 0 Å². The molecule has 7 aliphatic carbocycles. The van der Waals surface area contributed by atoms with E-state index in [1.165, 1.54) is 304 Å². The zero-order valence-electron chi connectivity index (χ0n) is 88.6. The predicted molar refractivity (Wildman–Crippen MR) is 579 cm³/mol. The standard InChI is InChI=1S/C31H32N2.C30H36N2.C25H28N2.C24H32N2.C19H24N2/c1-23-13-9-12-20-28(23)32-24(2)29-21-22-31(26-16-5-3-6-17-26,27-18-7-4-8-19-27)33(29)30(32)25-14-10-11-15-25;1-22-12-6-11-19-27(22)31-23(2)28-20-21-30(26-17-9-10-18-26,25-15-4-3-5-16-25)32(28)29(31)24-13-7-8-14-24;1-18-10-6-9-15-22(18)26-19(2)23-16-17-24(20-11-4-3-5-12-20)27(23)25(26)21-13-7-8-14-21;1-17-9-3-8-14-21(17)25-18(2)22-15-16-23(19-10-4-5-11-19)26(22)24(25)20-12-6-7-13-20;1-14-8-3-6-11-17(14)21-15(2)18-12-7-13-20(18)19(21)16-9-4-5-10-16/h3-9,12-13,16-22,25,30H,10-11,14-15H2,1-2H3;3-6,11-12,15-16,19-21,24,26,29H,7-10,13-14,17-18H2,1-2H3;3-6,9-12,15-17,21,24-25H,7-8,13-14H2,1-2H3;3,8-9,14-16,19-20,23-24H,4-7,10-13H2,1-2H3;3,6-8,11-12,16,19H,4-5,9-10,13H2,1-2H3/i;;24D;23D;13D2. The van der Waals surface area contributed by atoms with Gasteiger partial charge in [-0.2, -0.15) is 0 Å². The van der Waals surface area contributed by atoms with Gasteiger partial charge in [0.2, 0.25) is 0 Å². The van der Waals surface area contributed by atoms with Crippen molar-refractivity contribution >= 4 is 28.4 Å². The van der Waals surface area contributed by atoms with Crippen LogP contribution in [0.3, 0.4) is 0 Å². The van der Waals surface area contributed by atoms with Gasteiger partial charge in [-0.1, -0.05) is 327 Å². The lowest BCUT2D eigenvalue weighted by atomic mass is 9.75. The average molecular weight is 1850 g/mol. The summed E-state index contributed by atoms with van der Waals surface area (Å²) in [5.74, 6) is 4.28. The summed E-state index contributed by atoms with van der Waals surface area (Å²) in [6.07, 6.45) is 60.0. The molecular weight excluding hydrogens is 1690 g/mol. The zero-order valence-corrected chi connectivity index (χ0v) is 84.6. The molecule has 10 heteroatoms. The number of anilines is 5. The van der Waals surface area contributed by atoms with Gasteiger partial charge in [0.1, 0.15) is 36.4 Å². The molecule has 139 heavy (non-hydrogen) atoms. The minimum Gasteiger partial charge on any atom is -0.345 e. The SMILES string of the molecule is CC1=C2C=CC(c3ccccc3)(C3CCCC3)N2C(C2CCCC2)N1c1ccccc1C.CC1=C2C=CC(c3ccccc3)(c3ccccc3)N2C(C2CCCC2)N1c1ccccc1C.[2H]C1(C2CCCC2)C=CC2=C(C)N(c3ccccc3C)C(C3CCCC3)N21.[2H]C1([2H])C=CC2=C(C)N(c3ccccc3C)C(C3CCCC3)N21.[2H]C1(c2ccccc2)C=CC2=C(C)N(c3ccccc3C)C(C3CCCC3)N21. The lowest BCUT2D eigenvalue weighted by Crippen LogP contribution is -2.55. The summed E-state index contributed by atoms with van der Waals surface area (Å²) in [5, 5.41) is 0. The van der Waals surface area contributed by atoms with Crippen LogP contribution >= 0.6 is 0 Å². The van der Waals surface area contributed by atoms with E-state index in [1.807, 2.05) is 29.2 Å². The van der Waals surface area contributed by atoms with E-state index in [0.29, 0.717) is 59.9 Å². The lowest BCUT2D eigenvalue weighted by Gasteiger charge is -2.50. The Hall–Kier alpha value is -11.6. The summed E-state index contributed by atoms with van der Waals surface area (Å²) in [5.41, 5.74) is 31.0. The molecule has 10 nitrogen and oxygen atoms in total. The number of hydrogen-bond donors (Lipinski definition) is 0. The lowest BCUT2D eigenvalue weighted by molar-refractivity contribution is 0.0666. The Morgan fingerprint density at radius 2 is 0.576 bits per heavy atom. The van der Waals surface area contributed by atoms with Crippen LogP contribution in [-0.4, -0.2) is 67.8 Å². The third-order valence-electron chi connectivity index (χ3n) is 35.6. The number of rotatable bonds is 16. The molecule has 9 aromatic carbocycles. The highest BCUT2D eigenvalue weighted by Crippen LogP contribution is 2.61. The molecule has 7 fully saturated rings. The average Bonchev–Trinajstić information content (AvgIpc) is 1.53. The van der Waals surface area contributed by atoms with Gasteiger partial charge in [-0.15, -0.1) is 0 Å². The van der Waals surface area contributed by atoms with E-state index < -0.39 is 18.5 Å². The fourth-order valence-corrected chi connectivity index (χ4v) is 29.0. The van der Waals surface area contributed by atoms with Crippen molar-refractivity contribution in [3.63, 3.8) is 0 Å². The van der Waals surface area contributed by atoms with Crippen molar-refractivity contribution in [3.8, 4) is 0 Å². The van der Waals surface area contributed by atoms with Crippen molar-refractivity contribution in [2.24, 2.45) is 41.4 Å². The molecular formula is C129H152N10. The predicted octanol–water partition coefficient (Wildman–Crippen LogP) is 31.5. The Bertz CT molecular complexity index is 6400. The molecule has 0 saturated heterocycles. The smallest absolute Gasteiger partial charge is 0.112 e. The first-order valence-electron chi connectivity index (χ1n) is 56.1. The minimum absolute atomic E-state index is 0.0148. The molecule has 0 radical (unpaired) electrons. The summed E-state index contributed by atoms with van der Waals surface area (Å²) in [7, 11) is 0. The molecule has 9 aromatic rings. The van der Waals surface area contributed by atoms with E-state index in [9.17, 15) is 2.74 Å². The van der Waals surface area contributed by atoms with Gasteiger partial charge in [0, 0.05) is 63.4 Å². The van der Waals surface area contributed by atoms with Crippen LogP contribution in [0.5, 0.6) is 0 Å². The molecule has 0 aromatic heterocycles. The summed E-state index contributed by atoms with van der Waals surface area (Å²) in [6, 6.07) is 86.4. The Labute approximate surface area is 839 Å². The Kier molecular flexibility index (Phi) is 25.1. The van der Waals surface area contributed by atoms with Crippen LogP contribution in [0.25, 0.3) is 0 Å². The van der Waals surface area contributed by atoms with Crippen molar-refractivity contribution in [3.05, 3.63) is 410 Å². The monoisotopic (exact) mass is 1850 g/mol. The maximum absolute atomic E-state index is 9.57. The molecule has 26 rings (SSSR count). The molecule has 17 aliphatic rings. The van der Waals surface area contributed by atoms with Gasteiger partial charge < -0.3 is 49.0 Å². The van der Waals surface area contributed by atoms with Crippen LogP contribution in [0.15, 0.2) is 360 Å². The molecule has 10 aliphatic heterocycles. The minimum atomic E-state index is -1.39. The van der Waals surface area contributed by atoms with Crippen molar-refractivity contribution < 1.29 is 5.48 Å². The van der Waals surface area contributed by atoms with Crippen LogP contribution in [0.4, 0.5) is 28.4 Å². The van der Waals surface area contributed by atoms with Crippen LogP contribution in [0, 0.1) is 76.0 Å². The second-order valence-electron chi connectivity index (χ2n) is 43.4.